The Morgan fingerprint density at radius 2 is 2.16 bits per heavy atom. The van der Waals surface area contributed by atoms with Gasteiger partial charge in [-0.15, -0.1) is 0 Å². The van der Waals surface area contributed by atoms with E-state index in [-0.39, 0.29) is 6.04 Å². The molecule has 0 bridgehead atoms. The number of nitrogen functional groups attached to an aromatic ring is 1. The van der Waals surface area contributed by atoms with Crippen LogP contribution in [0.15, 0.2) is 30.7 Å². The van der Waals surface area contributed by atoms with Crippen LogP contribution >= 0.6 is 0 Å². The van der Waals surface area contributed by atoms with Gasteiger partial charge in [0.1, 0.15) is 11.8 Å². The van der Waals surface area contributed by atoms with Gasteiger partial charge in [0.25, 0.3) is 0 Å². The Balaban J connectivity index is 1.89. The molecule has 8 heteroatoms. The van der Waals surface area contributed by atoms with Crippen molar-refractivity contribution in [2.75, 3.05) is 30.8 Å². The normalized spacial score (nSPS) is 17.8. The summed E-state index contributed by atoms with van der Waals surface area (Å²) in [5.41, 5.74) is 16.0. The quantitative estimate of drug-likeness (QED) is 0.740. The molecule has 4 N–H and O–H groups in total. The Morgan fingerprint density at radius 1 is 1.28 bits per heavy atom. The Morgan fingerprint density at radius 3 is 2.96 bits per heavy atom. The van der Waals surface area contributed by atoms with Gasteiger partial charge in [-0.3, -0.25) is 0 Å². The van der Waals surface area contributed by atoms with Crippen molar-refractivity contribution in [1.82, 2.24) is 19.6 Å². The maximum absolute atomic E-state index is 6.18. The molecule has 0 amide bonds. The second kappa shape index (κ2) is 6.21. The van der Waals surface area contributed by atoms with Gasteiger partial charge in [-0.1, -0.05) is 0 Å². The van der Waals surface area contributed by atoms with Crippen LogP contribution in [0.3, 0.4) is 0 Å². The van der Waals surface area contributed by atoms with Crippen molar-refractivity contribution in [2.45, 2.75) is 18.9 Å². The maximum Gasteiger partial charge on any atom is 0.213 e. The first-order valence-electron chi connectivity index (χ1n) is 8.30. The highest BCUT2D eigenvalue weighted by Crippen LogP contribution is 2.35. The Kier molecular flexibility index (Phi) is 3.89. The largest absolute Gasteiger partial charge is 0.481 e. The van der Waals surface area contributed by atoms with E-state index >= 15 is 0 Å². The first-order chi connectivity index (χ1) is 12.2. The molecule has 8 nitrogen and oxygen atoms in total. The number of rotatable bonds is 3. The molecule has 3 aromatic rings. The smallest absolute Gasteiger partial charge is 0.213 e. The van der Waals surface area contributed by atoms with E-state index < -0.39 is 0 Å². The van der Waals surface area contributed by atoms with E-state index in [9.17, 15) is 0 Å². The zero-order chi connectivity index (χ0) is 17.4. The van der Waals surface area contributed by atoms with Crippen molar-refractivity contribution in [3.8, 4) is 17.1 Å². The number of hydrogen-bond acceptors (Lipinski definition) is 7. The molecule has 0 saturated carbocycles. The number of piperidine rings is 1. The monoisotopic (exact) mass is 339 g/mol. The first kappa shape index (κ1) is 15.6. The average Bonchev–Trinajstić information content (AvgIpc) is 3.03. The van der Waals surface area contributed by atoms with Crippen molar-refractivity contribution in [1.29, 1.82) is 0 Å². The summed E-state index contributed by atoms with van der Waals surface area (Å²) in [6.07, 6.45) is 5.29. The Hall–Kier alpha value is -2.87. The zero-order valence-electron chi connectivity index (χ0n) is 14.1. The fraction of sp³-hybridized carbons (Fsp3) is 0.353. The standard InChI is InChI=1S/C17H21N7O/c1-25-15-7-11(4-5-20-15)13-8-14(23-6-2-3-12(18)9-23)16-17(19)21-10-22-24(13)16/h4-5,7-8,10,12H,2-3,6,9,18H2,1H3,(H2,19,21,22)/t12-/m1/s1. The van der Waals surface area contributed by atoms with Crippen LogP contribution in [-0.4, -0.2) is 45.8 Å². The number of hydrogen-bond donors (Lipinski definition) is 2. The highest BCUT2D eigenvalue weighted by atomic mass is 16.5. The second-order valence-electron chi connectivity index (χ2n) is 6.26. The molecular formula is C17H21N7O. The van der Waals surface area contributed by atoms with E-state index in [4.69, 9.17) is 16.2 Å². The van der Waals surface area contributed by atoms with E-state index in [0.29, 0.717) is 11.7 Å². The van der Waals surface area contributed by atoms with Gasteiger partial charge in [0, 0.05) is 37.0 Å². The van der Waals surface area contributed by atoms with Crippen LogP contribution in [0.1, 0.15) is 12.8 Å². The second-order valence-corrected chi connectivity index (χ2v) is 6.26. The molecule has 3 aromatic heterocycles. The maximum atomic E-state index is 6.18. The number of fused-ring (bicyclic) bond motifs is 1. The number of methoxy groups -OCH3 is 1. The van der Waals surface area contributed by atoms with E-state index in [0.717, 1.165) is 48.4 Å². The summed E-state index contributed by atoms with van der Waals surface area (Å²) in [7, 11) is 1.60. The van der Waals surface area contributed by atoms with Gasteiger partial charge in [0.05, 0.1) is 18.5 Å². The van der Waals surface area contributed by atoms with E-state index in [1.165, 1.54) is 6.33 Å². The van der Waals surface area contributed by atoms with Crippen molar-refractivity contribution in [2.24, 2.45) is 5.73 Å². The number of nitrogens with two attached hydrogens (primary N) is 2. The summed E-state index contributed by atoms with van der Waals surface area (Å²) in [6.45, 7) is 1.74. The molecule has 130 valence electrons. The number of aromatic nitrogens is 4. The predicted octanol–water partition coefficient (Wildman–Crippen LogP) is 1.31. The minimum absolute atomic E-state index is 0.166. The number of nitrogens with zero attached hydrogens (tertiary/aromatic N) is 5. The number of pyridine rings is 1. The van der Waals surface area contributed by atoms with Crippen molar-refractivity contribution in [3.63, 3.8) is 0 Å². The fourth-order valence-electron chi connectivity index (χ4n) is 3.40. The molecule has 0 aliphatic carbocycles. The molecule has 0 unspecified atom stereocenters. The van der Waals surface area contributed by atoms with Crippen molar-refractivity contribution in [3.05, 3.63) is 30.7 Å². The molecule has 0 aromatic carbocycles. The Labute approximate surface area is 145 Å². The lowest BCUT2D eigenvalue weighted by atomic mass is 10.1. The molecule has 1 atom stereocenters. The van der Waals surface area contributed by atoms with Crippen LogP contribution < -0.4 is 21.1 Å². The minimum atomic E-state index is 0.166. The molecular weight excluding hydrogens is 318 g/mol. The lowest BCUT2D eigenvalue weighted by molar-refractivity contribution is 0.398. The van der Waals surface area contributed by atoms with Crippen LogP contribution in [0.25, 0.3) is 16.8 Å². The molecule has 0 spiro atoms. The lowest BCUT2D eigenvalue weighted by Crippen LogP contribution is -2.42. The third-order valence-electron chi connectivity index (χ3n) is 4.60. The van der Waals surface area contributed by atoms with Gasteiger partial charge in [0.15, 0.2) is 5.82 Å². The van der Waals surface area contributed by atoms with Crippen LogP contribution in [0.4, 0.5) is 11.5 Å². The van der Waals surface area contributed by atoms with E-state index in [1.54, 1.807) is 13.3 Å². The molecule has 1 fully saturated rings. The summed E-state index contributed by atoms with van der Waals surface area (Å²) in [5, 5.41) is 4.41. The Bertz CT molecular complexity index is 907. The fourth-order valence-corrected chi connectivity index (χ4v) is 3.40. The zero-order valence-corrected chi connectivity index (χ0v) is 14.1. The SMILES string of the molecule is COc1cc(-c2cc(N3CCC[C@@H](N)C3)c3c(N)ncnn23)ccn1. The van der Waals surface area contributed by atoms with Gasteiger partial charge in [-0.25, -0.2) is 14.5 Å². The highest BCUT2D eigenvalue weighted by Gasteiger charge is 2.23. The topological polar surface area (TPSA) is 108 Å². The van der Waals surface area contributed by atoms with Crippen molar-refractivity contribution >= 4 is 17.0 Å². The van der Waals surface area contributed by atoms with Gasteiger partial charge in [-0.2, -0.15) is 5.10 Å². The number of ether oxygens (including phenoxy) is 1. The van der Waals surface area contributed by atoms with Crippen LogP contribution in [0, 0.1) is 0 Å². The summed E-state index contributed by atoms with van der Waals surface area (Å²) >= 11 is 0. The van der Waals surface area contributed by atoms with Crippen molar-refractivity contribution < 1.29 is 4.74 Å². The molecule has 1 aliphatic rings. The third kappa shape index (κ3) is 2.74. The summed E-state index contributed by atoms with van der Waals surface area (Å²) in [4.78, 5) is 10.6. The van der Waals surface area contributed by atoms with Crippen LogP contribution in [-0.2, 0) is 0 Å². The van der Waals surface area contributed by atoms with Crippen LogP contribution in [0.5, 0.6) is 5.88 Å². The van der Waals surface area contributed by atoms with Gasteiger partial charge in [0.2, 0.25) is 5.88 Å². The molecule has 25 heavy (non-hydrogen) atoms. The number of anilines is 2. The van der Waals surface area contributed by atoms with Gasteiger partial charge >= 0.3 is 0 Å². The summed E-state index contributed by atoms with van der Waals surface area (Å²) in [5.74, 6) is 1.01. The van der Waals surface area contributed by atoms with Gasteiger partial charge < -0.3 is 21.1 Å². The molecule has 4 heterocycles. The highest BCUT2D eigenvalue weighted by molar-refractivity contribution is 5.88. The molecule has 4 rings (SSSR count). The predicted molar refractivity (Wildman–Crippen MR) is 96.6 cm³/mol. The summed E-state index contributed by atoms with van der Waals surface area (Å²) < 4.78 is 7.07. The lowest BCUT2D eigenvalue weighted by Gasteiger charge is -2.32. The molecule has 1 aliphatic heterocycles. The van der Waals surface area contributed by atoms with E-state index in [1.807, 2.05) is 16.6 Å². The third-order valence-corrected chi connectivity index (χ3v) is 4.60. The van der Waals surface area contributed by atoms with E-state index in [2.05, 4.69) is 26.0 Å². The summed E-state index contributed by atoms with van der Waals surface area (Å²) in [6, 6.07) is 6.06. The minimum Gasteiger partial charge on any atom is -0.481 e. The first-order valence-corrected chi connectivity index (χ1v) is 8.30. The molecule has 0 radical (unpaired) electrons. The molecule has 1 saturated heterocycles. The van der Waals surface area contributed by atoms with Gasteiger partial charge in [-0.05, 0) is 25.0 Å². The van der Waals surface area contributed by atoms with Crippen LogP contribution in [0.2, 0.25) is 0 Å². The average molecular weight is 339 g/mol.